The maximum atomic E-state index is 12.7. The molecule has 0 saturated heterocycles. The summed E-state index contributed by atoms with van der Waals surface area (Å²) in [4.78, 5) is 12.6. The third kappa shape index (κ3) is 3.49. The highest BCUT2D eigenvalue weighted by atomic mass is 32.1. The second-order valence-electron chi connectivity index (χ2n) is 6.63. The lowest BCUT2D eigenvalue weighted by Crippen LogP contribution is -2.27. The molecule has 1 saturated carbocycles. The van der Waals surface area contributed by atoms with E-state index in [1.807, 2.05) is 22.1 Å². The molecule has 136 valence electrons. The van der Waals surface area contributed by atoms with Crippen LogP contribution >= 0.6 is 11.3 Å². The predicted molar refractivity (Wildman–Crippen MR) is 95.4 cm³/mol. The topological polar surface area (TPSA) is 34.0 Å². The van der Waals surface area contributed by atoms with Crippen LogP contribution < -0.4 is 5.32 Å². The van der Waals surface area contributed by atoms with E-state index in [0.717, 1.165) is 40.8 Å². The van der Waals surface area contributed by atoms with E-state index < -0.39 is 11.7 Å². The number of carbonyl (C=O) groups excluding carboxylic acids is 1. The van der Waals surface area contributed by atoms with E-state index in [4.69, 9.17) is 0 Å². The highest BCUT2D eigenvalue weighted by Gasteiger charge is 2.30. The van der Waals surface area contributed by atoms with Crippen LogP contribution in [0.15, 0.2) is 41.8 Å². The van der Waals surface area contributed by atoms with E-state index in [1.165, 1.54) is 12.1 Å². The lowest BCUT2D eigenvalue weighted by atomic mass is 10.1. The zero-order valence-electron chi connectivity index (χ0n) is 13.8. The van der Waals surface area contributed by atoms with Crippen LogP contribution in [0.4, 0.5) is 13.2 Å². The maximum absolute atomic E-state index is 12.7. The number of halogens is 3. The number of carbonyl (C=O) groups is 1. The number of hydrogen-bond acceptors (Lipinski definition) is 2. The average Bonchev–Trinajstić information content (AvgIpc) is 3.21. The Bertz CT molecular complexity index is 936. The fraction of sp³-hybridized carbons (Fsp3) is 0.316. The molecule has 2 heterocycles. The van der Waals surface area contributed by atoms with Crippen molar-refractivity contribution in [2.24, 2.45) is 5.92 Å². The second kappa shape index (κ2) is 6.46. The third-order valence-electron chi connectivity index (χ3n) is 4.63. The fourth-order valence-corrected chi connectivity index (χ4v) is 3.79. The number of thiophene rings is 1. The Morgan fingerprint density at radius 2 is 1.92 bits per heavy atom. The summed E-state index contributed by atoms with van der Waals surface area (Å²) >= 11 is 1.54. The lowest BCUT2D eigenvalue weighted by molar-refractivity contribution is -0.137. The van der Waals surface area contributed by atoms with Gasteiger partial charge >= 0.3 is 6.18 Å². The molecule has 1 fully saturated rings. The van der Waals surface area contributed by atoms with Gasteiger partial charge < -0.3 is 9.88 Å². The first-order valence-corrected chi connectivity index (χ1v) is 9.31. The van der Waals surface area contributed by atoms with Gasteiger partial charge in [-0.25, -0.2) is 0 Å². The quantitative estimate of drug-likeness (QED) is 0.673. The summed E-state index contributed by atoms with van der Waals surface area (Å²) in [7, 11) is 0. The van der Waals surface area contributed by atoms with Crippen molar-refractivity contribution in [3.05, 3.63) is 58.6 Å². The monoisotopic (exact) mass is 378 g/mol. The first kappa shape index (κ1) is 17.1. The van der Waals surface area contributed by atoms with Crippen LogP contribution in [0, 0.1) is 5.92 Å². The van der Waals surface area contributed by atoms with E-state index in [-0.39, 0.29) is 5.91 Å². The number of aromatic nitrogens is 1. The van der Waals surface area contributed by atoms with Gasteiger partial charge in [0.25, 0.3) is 5.91 Å². The van der Waals surface area contributed by atoms with E-state index in [9.17, 15) is 18.0 Å². The minimum absolute atomic E-state index is 0.132. The number of fused-ring (bicyclic) bond motifs is 1. The molecule has 0 atom stereocenters. The first-order chi connectivity index (χ1) is 12.4. The SMILES string of the molecule is O=C(NCC1CC1)c1cc2sccc2n1Cc1ccc(C(F)(F)F)cc1. The average molecular weight is 378 g/mol. The van der Waals surface area contributed by atoms with Crippen LogP contribution in [0.2, 0.25) is 0 Å². The Morgan fingerprint density at radius 1 is 1.19 bits per heavy atom. The molecular weight excluding hydrogens is 361 g/mol. The van der Waals surface area contributed by atoms with Crippen LogP contribution in [-0.4, -0.2) is 17.0 Å². The summed E-state index contributed by atoms with van der Waals surface area (Å²) in [6, 6.07) is 8.88. The Morgan fingerprint density at radius 3 is 2.58 bits per heavy atom. The van der Waals surface area contributed by atoms with Crippen molar-refractivity contribution in [2.45, 2.75) is 25.6 Å². The Hall–Kier alpha value is -2.28. The first-order valence-electron chi connectivity index (χ1n) is 8.43. The van der Waals surface area contributed by atoms with Crippen molar-refractivity contribution in [3.63, 3.8) is 0 Å². The van der Waals surface area contributed by atoms with Crippen molar-refractivity contribution < 1.29 is 18.0 Å². The smallest absolute Gasteiger partial charge is 0.350 e. The minimum Gasteiger partial charge on any atom is -0.350 e. The third-order valence-corrected chi connectivity index (χ3v) is 5.48. The van der Waals surface area contributed by atoms with Crippen molar-refractivity contribution >= 4 is 27.5 Å². The normalized spacial score (nSPS) is 14.7. The van der Waals surface area contributed by atoms with Gasteiger partial charge in [0.1, 0.15) is 5.69 Å². The Balaban J connectivity index is 1.61. The molecule has 1 aliphatic rings. The molecule has 0 aliphatic heterocycles. The molecule has 4 rings (SSSR count). The van der Waals surface area contributed by atoms with E-state index in [1.54, 1.807) is 11.3 Å². The summed E-state index contributed by atoms with van der Waals surface area (Å²) in [6.45, 7) is 1.03. The zero-order valence-corrected chi connectivity index (χ0v) is 14.7. The molecule has 0 unspecified atom stereocenters. The van der Waals surface area contributed by atoms with Crippen molar-refractivity contribution in [1.82, 2.24) is 9.88 Å². The van der Waals surface area contributed by atoms with E-state index in [2.05, 4.69) is 5.32 Å². The van der Waals surface area contributed by atoms with Gasteiger partial charge in [0.15, 0.2) is 0 Å². The molecular formula is C19H17F3N2OS. The standard InChI is InChI=1S/C19H17F3N2OS/c20-19(21,22)14-5-3-13(4-6-14)11-24-15-7-8-26-17(15)9-16(24)18(25)23-10-12-1-2-12/h3-9,12H,1-2,10-11H2,(H,23,25). The van der Waals surface area contributed by atoms with Gasteiger partial charge in [-0.05, 0) is 54.0 Å². The van der Waals surface area contributed by atoms with Gasteiger partial charge in [-0.1, -0.05) is 12.1 Å². The Kier molecular flexibility index (Phi) is 4.26. The largest absolute Gasteiger partial charge is 0.416 e. The molecule has 1 aromatic carbocycles. The molecule has 1 aliphatic carbocycles. The number of hydrogen-bond donors (Lipinski definition) is 1. The molecule has 0 radical (unpaired) electrons. The summed E-state index contributed by atoms with van der Waals surface area (Å²) in [6.07, 6.45) is -2.04. The Labute approximate surface area is 152 Å². The van der Waals surface area contributed by atoms with Gasteiger partial charge in [-0.3, -0.25) is 4.79 Å². The molecule has 0 bridgehead atoms. The van der Waals surface area contributed by atoms with Gasteiger partial charge in [-0.15, -0.1) is 11.3 Å². The van der Waals surface area contributed by atoms with Crippen molar-refractivity contribution in [2.75, 3.05) is 6.54 Å². The molecule has 1 amide bonds. The molecule has 3 aromatic rings. The van der Waals surface area contributed by atoms with Gasteiger partial charge in [-0.2, -0.15) is 13.2 Å². The van der Waals surface area contributed by atoms with Crippen LogP contribution in [0.3, 0.4) is 0 Å². The number of nitrogens with zero attached hydrogens (tertiary/aromatic N) is 1. The van der Waals surface area contributed by atoms with Crippen molar-refractivity contribution in [1.29, 1.82) is 0 Å². The fourth-order valence-electron chi connectivity index (χ4n) is 2.97. The van der Waals surface area contributed by atoms with E-state index >= 15 is 0 Å². The number of rotatable bonds is 5. The highest BCUT2D eigenvalue weighted by Crippen LogP contribution is 2.31. The minimum atomic E-state index is -4.35. The van der Waals surface area contributed by atoms with Crippen LogP contribution in [0.1, 0.15) is 34.5 Å². The van der Waals surface area contributed by atoms with Crippen LogP contribution in [0.5, 0.6) is 0 Å². The number of amides is 1. The predicted octanol–water partition coefficient (Wildman–Crippen LogP) is 4.91. The van der Waals surface area contributed by atoms with Gasteiger partial charge in [0.05, 0.1) is 15.8 Å². The summed E-state index contributed by atoms with van der Waals surface area (Å²) in [5.41, 5.74) is 1.52. The summed E-state index contributed by atoms with van der Waals surface area (Å²) in [5, 5.41) is 4.91. The second-order valence-corrected chi connectivity index (χ2v) is 7.58. The van der Waals surface area contributed by atoms with E-state index in [0.29, 0.717) is 24.7 Å². The van der Waals surface area contributed by atoms with Gasteiger partial charge in [0.2, 0.25) is 0 Å². The number of benzene rings is 1. The molecule has 1 N–H and O–H groups in total. The number of alkyl halides is 3. The molecule has 26 heavy (non-hydrogen) atoms. The zero-order chi connectivity index (χ0) is 18.3. The van der Waals surface area contributed by atoms with Crippen molar-refractivity contribution in [3.8, 4) is 0 Å². The molecule has 2 aromatic heterocycles. The number of nitrogens with one attached hydrogen (secondary N) is 1. The lowest BCUT2D eigenvalue weighted by Gasteiger charge is -2.12. The molecule has 7 heteroatoms. The molecule has 0 spiro atoms. The van der Waals surface area contributed by atoms with Gasteiger partial charge in [0, 0.05) is 13.1 Å². The summed E-state index contributed by atoms with van der Waals surface area (Å²) in [5.74, 6) is 0.450. The highest BCUT2D eigenvalue weighted by molar-refractivity contribution is 7.17. The summed E-state index contributed by atoms with van der Waals surface area (Å²) < 4.78 is 41.1. The van der Waals surface area contributed by atoms with Crippen LogP contribution in [-0.2, 0) is 12.7 Å². The maximum Gasteiger partial charge on any atom is 0.416 e. The molecule has 3 nitrogen and oxygen atoms in total. The van der Waals surface area contributed by atoms with Crippen LogP contribution in [0.25, 0.3) is 10.2 Å².